The van der Waals surface area contributed by atoms with Crippen molar-refractivity contribution < 1.29 is 29.0 Å². The summed E-state index contributed by atoms with van der Waals surface area (Å²) in [7, 11) is 1.34. The topological polar surface area (TPSA) is 129 Å². The molecule has 2 rings (SSSR count). The van der Waals surface area contributed by atoms with Gasteiger partial charge >= 0.3 is 11.8 Å². The monoisotopic (exact) mass is 398 g/mol. The van der Waals surface area contributed by atoms with Crippen LogP contribution in [0.4, 0.5) is 0 Å². The predicted octanol–water partition coefficient (Wildman–Crippen LogP) is 0.224. The number of carboxylic acid groups (broad SMARTS) is 1. The minimum absolute atomic E-state index is 0.0934. The number of carbonyl (C=O) groups is 3. The zero-order chi connectivity index (χ0) is 21.2. The molecule has 0 aromatic heterocycles. The van der Waals surface area contributed by atoms with Crippen molar-refractivity contribution in [3.05, 3.63) is 59.2 Å². The summed E-state index contributed by atoms with van der Waals surface area (Å²) < 4.78 is 11.3. The van der Waals surface area contributed by atoms with E-state index in [1.54, 1.807) is 30.3 Å². The van der Waals surface area contributed by atoms with E-state index in [-0.39, 0.29) is 12.2 Å². The SMILES string of the molecule is CCOc1cc(/C=N\NC(=O)C(=O)NC)ccc1OCc1ccc(C(=O)[O-])cc1. The lowest BCUT2D eigenvalue weighted by Gasteiger charge is -2.13. The quantitative estimate of drug-likeness (QED) is 0.372. The average Bonchev–Trinajstić information content (AvgIpc) is 2.73. The van der Waals surface area contributed by atoms with Crippen molar-refractivity contribution in [2.75, 3.05) is 13.7 Å². The fourth-order valence-corrected chi connectivity index (χ4v) is 2.22. The zero-order valence-electron chi connectivity index (χ0n) is 15.9. The van der Waals surface area contributed by atoms with Crippen LogP contribution in [-0.2, 0) is 16.2 Å². The summed E-state index contributed by atoms with van der Waals surface area (Å²) in [6.07, 6.45) is 1.37. The second kappa shape index (κ2) is 10.5. The average molecular weight is 398 g/mol. The van der Waals surface area contributed by atoms with Gasteiger partial charge < -0.3 is 24.7 Å². The maximum absolute atomic E-state index is 11.3. The number of likely N-dealkylation sites (N-methyl/N-ethyl adjacent to an activating group) is 1. The lowest BCUT2D eigenvalue weighted by atomic mass is 10.1. The molecule has 0 bridgehead atoms. The minimum Gasteiger partial charge on any atom is -0.545 e. The number of rotatable bonds is 8. The summed E-state index contributed by atoms with van der Waals surface area (Å²) in [5.74, 6) is -1.95. The molecule has 29 heavy (non-hydrogen) atoms. The third kappa shape index (κ3) is 6.35. The van der Waals surface area contributed by atoms with Crippen LogP contribution in [0.15, 0.2) is 47.6 Å². The van der Waals surface area contributed by atoms with Gasteiger partial charge in [0, 0.05) is 7.05 Å². The zero-order valence-corrected chi connectivity index (χ0v) is 15.9. The first-order chi connectivity index (χ1) is 13.9. The third-order valence-electron chi connectivity index (χ3n) is 3.66. The number of carbonyl (C=O) groups excluding carboxylic acids is 3. The Bertz CT molecular complexity index is 909. The van der Waals surface area contributed by atoms with Crippen molar-refractivity contribution in [1.29, 1.82) is 0 Å². The first-order valence-electron chi connectivity index (χ1n) is 8.69. The van der Waals surface area contributed by atoms with Crippen LogP contribution in [-0.4, -0.2) is 37.7 Å². The smallest absolute Gasteiger partial charge is 0.329 e. The van der Waals surface area contributed by atoms with E-state index in [9.17, 15) is 19.5 Å². The standard InChI is InChI=1S/C20H21N3O6/c1-3-28-17-10-14(11-22-23-19(25)18(24)21-2)6-9-16(17)29-12-13-4-7-15(8-5-13)20(26)27/h4-11H,3,12H2,1-2H3,(H,21,24)(H,23,25)(H,26,27)/p-1/b22-11-. The molecule has 9 heteroatoms. The van der Waals surface area contributed by atoms with Gasteiger partial charge in [0.25, 0.3) is 0 Å². The highest BCUT2D eigenvalue weighted by Crippen LogP contribution is 2.29. The van der Waals surface area contributed by atoms with Crippen LogP contribution in [0, 0.1) is 0 Å². The van der Waals surface area contributed by atoms with Gasteiger partial charge in [-0.05, 0) is 41.8 Å². The van der Waals surface area contributed by atoms with Gasteiger partial charge in [-0.1, -0.05) is 24.3 Å². The predicted molar refractivity (Wildman–Crippen MR) is 103 cm³/mol. The highest BCUT2D eigenvalue weighted by molar-refractivity contribution is 6.34. The van der Waals surface area contributed by atoms with E-state index >= 15 is 0 Å². The van der Waals surface area contributed by atoms with Crippen LogP contribution >= 0.6 is 0 Å². The summed E-state index contributed by atoms with van der Waals surface area (Å²) in [5.41, 5.74) is 3.60. The molecule has 0 aliphatic carbocycles. The number of amides is 2. The van der Waals surface area contributed by atoms with Crippen LogP contribution in [0.5, 0.6) is 11.5 Å². The van der Waals surface area contributed by atoms with Crippen molar-refractivity contribution in [1.82, 2.24) is 10.7 Å². The molecule has 2 amide bonds. The summed E-state index contributed by atoms with van der Waals surface area (Å²) in [6, 6.07) is 11.2. The Balaban J connectivity index is 2.05. The van der Waals surface area contributed by atoms with Crippen molar-refractivity contribution in [2.45, 2.75) is 13.5 Å². The molecule has 2 aromatic carbocycles. The Morgan fingerprint density at radius 2 is 1.76 bits per heavy atom. The number of hydrazone groups is 1. The van der Waals surface area contributed by atoms with Crippen LogP contribution in [0.25, 0.3) is 0 Å². The van der Waals surface area contributed by atoms with Gasteiger partial charge in [0.05, 0.1) is 18.8 Å². The molecule has 0 aliphatic rings. The molecule has 2 N–H and O–H groups in total. The van der Waals surface area contributed by atoms with Gasteiger partial charge in [-0.25, -0.2) is 5.43 Å². The van der Waals surface area contributed by atoms with E-state index in [4.69, 9.17) is 9.47 Å². The largest absolute Gasteiger partial charge is 0.545 e. The normalized spacial score (nSPS) is 10.4. The molecule has 0 aliphatic heterocycles. The number of nitrogens with zero attached hydrogens (tertiary/aromatic N) is 1. The van der Waals surface area contributed by atoms with Crippen molar-refractivity contribution in [3.8, 4) is 11.5 Å². The lowest BCUT2D eigenvalue weighted by molar-refractivity contribution is -0.255. The molecule has 0 radical (unpaired) electrons. The summed E-state index contributed by atoms with van der Waals surface area (Å²) in [4.78, 5) is 33.3. The lowest BCUT2D eigenvalue weighted by Crippen LogP contribution is -2.35. The maximum atomic E-state index is 11.3. The number of ether oxygens (including phenoxy) is 2. The first kappa shape index (κ1) is 21.4. The van der Waals surface area contributed by atoms with Gasteiger partial charge in [-0.2, -0.15) is 5.10 Å². The van der Waals surface area contributed by atoms with E-state index in [1.165, 1.54) is 25.4 Å². The number of hydrogen-bond acceptors (Lipinski definition) is 7. The van der Waals surface area contributed by atoms with Crippen LogP contribution in [0.2, 0.25) is 0 Å². The Labute approximate surface area is 167 Å². The second-order valence-electron chi connectivity index (χ2n) is 5.69. The molecule has 0 spiro atoms. The Morgan fingerprint density at radius 3 is 2.38 bits per heavy atom. The number of nitrogens with one attached hydrogen (secondary N) is 2. The molecule has 0 saturated heterocycles. The number of hydrogen-bond donors (Lipinski definition) is 2. The highest BCUT2D eigenvalue weighted by atomic mass is 16.5. The number of aromatic carboxylic acids is 1. The molecular formula is C20H20N3O6-. The Kier molecular flexibility index (Phi) is 7.72. The fraction of sp³-hybridized carbons (Fsp3) is 0.200. The minimum atomic E-state index is -1.24. The molecule has 0 saturated carbocycles. The Morgan fingerprint density at radius 1 is 1.03 bits per heavy atom. The highest BCUT2D eigenvalue weighted by Gasteiger charge is 2.10. The van der Waals surface area contributed by atoms with Gasteiger partial charge in [-0.3, -0.25) is 9.59 Å². The van der Waals surface area contributed by atoms with E-state index in [1.807, 2.05) is 6.92 Å². The summed E-state index contributed by atoms with van der Waals surface area (Å²) in [5, 5.41) is 16.7. The molecule has 9 nitrogen and oxygen atoms in total. The van der Waals surface area contributed by atoms with E-state index in [0.717, 1.165) is 5.56 Å². The second-order valence-corrected chi connectivity index (χ2v) is 5.69. The molecular weight excluding hydrogens is 378 g/mol. The van der Waals surface area contributed by atoms with Crippen LogP contribution < -0.4 is 25.3 Å². The van der Waals surface area contributed by atoms with Gasteiger partial charge in [0.1, 0.15) is 6.61 Å². The van der Waals surface area contributed by atoms with E-state index in [0.29, 0.717) is 23.7 Å². The molecule has 152 valence electrons. The number of carboxylic acids is 1. The van der Waals surface area contributed by atoms with Crippen molar-refractivity contribution in [2.24, 2.45) is 5.10 Å². The molecule has 0 unspecified atom stereocenters. The summed E-state index contributed by atoms with van der Waals surface area (Å²) in [6.45, 7) is 2.44. The summed E-state index contributed by atoms with van der Waals surface area (Å²) >= 11 is 0. The van der Waals surface area contributed by atoms with Crippen LogP contribution in [0.3, 0.4) is 0 Å². The van der Waals surface area contributed by atoms with Crippen molar-refractivity contribution in [3.63, 3.8) is 0 Å². The maximum Gasteiger partial charge on any atom is 0.329 e. The van der Waals surface area contributed by atoms with Crippen molar-refractivity contribution >= 4 is 24.0 Å². The third-order valence-corrected chi connectivity index (χ3v) is 3.66. The van der Waals surface area contributed by atoms with Gasteiger partial charge in [-0.15, -0.1) is 0 Å². The molecule has 0 atom stereocenters. The molecule has 2 aromatic rings. The molecule has 0 heterocycles. The van der Waals surface area contributed by atoms with Gasteiger partial charge in [0.2, 0.25) is 0 Å². The first-order valence-corrected chi connectivity index (χ1v) is 8.69. The molecule has 0 fully saturated rings. The van der Waals surface area contributed by atoms with E-state index in [2.05, 4.69) is 15.8 Å². The van der Waals surface area contributed by atoms with E-state index < -0.39 is 17.8 Å². The van der Waals surface area contributed by atoms with Crippen LogP contribution in [0.1, 0.15) is 28.4 Å². The Hall–Kier alpha value is -3.88. The van der Waals surface area contributed by atoms with Gasteiger partial charge in [0.15, 0.2) is 11.5 Å². The number of benzene rings is 2. The fourth-order valence-electron chi connectivity index (χ4n) is 2.22.